The Morgan fingerprint density at radius 3 is 2.85 bits per heavy atom. The number of benzene rings is 1. The largest absolute Gasteiger partial charge is 0.330 e. The van der Waals surface area contributed by atoms with Gasteiger partial charge in [0.15, 0.2) is 0 Å². The SMILES string of the molecule is Cl.NCC1CCCN(Cc2ccc([N+](=O)[O-])c(Cl)c2)C1. The number of nitro benzene ring substituents is 1. The summed E-state index contributed by atoms with van der Waals surface area (Å²) in [7, 11) is 0. The average Bonchev–Trinajstić information content (AvgIpc) is 2.38. The normalized spacial score (nSPS) is 19.4. The fraction of sp³-hybridized carbons (Fsp3) is 0.538. The van der Waals surface area contributed by atoms with Crippen LogP contribution >= 0.6 is 24.0 Å². The quantitative estimate of drug-likeness (QED) is 0.684. The number of hydrogen-bond donors (Lipinski definition) is 1. The molecule has 5 nitrogen and oxygen atoms in total. The molecule has 20 heavy (non-hydrogen) atoms. The van der Waals surface area contributed by atoms with Gasteiger partial charge in [-0.1, -0.05) is 17.7 Å². The van der Waals surface area contributed by atoms with E-state index in [4.69, 9.17) is 17.3 Å². The summed E-state index contributed by atoms with van der Waals surface area (Å²) < 4.78 is 0. The highest BCUT2D eigenvalue weighted by atomic mass is 35.5. The van der Waals surface area contributed by atoms with E-state index < -0.39 is 4.92 Å². The fourth-order valence-corrected chi connectivity index (χ4v) is 2.81. The van der Waals surface area contributed by atoms with Crippen LogP contribution in [0.3, 0.4) is 0 Å². The highest BCUT2D eigenvalue weighted by molar-refractivity contribution is 6.32. The van der Waals surface area contributed by atoms with Crippen LogP contribution in [0.2, 0.25) is 5.02 Å². The molecule has 0 spiro atoms. The van der Waals surface area contributed by atoms with E-state index in [1.165, 1.54) is 12.5 Å². The molecule has 1 heterocycles. The van der Waals surface area contributed by atoms with E-state index in [-0.39, 0.29) is 23.1 Å². The van der Waals surface area contributed by atoms with Gasteiger partial charge >= 0.3 is 0 Å². The molecule has 112 valence electrons. The molecule has 1 aliphatic rings. The second-order valence-electron chi connectivity index (χ2n) is 5.02. The predicted molar refractivity (Wildman–Crippen MR) is 82.4 cm³/mol. The first-order chi connectivity index (χ1) is 9.10. The molecule has 1 fully saturated rings. The van der Waals surface area contributed by atoms with Crippen LogP contribution in [-0.4, -0.2) is 29.5 Å². The van der Waals surface area contributed by atoms with Crippen LogP contribution in [0.1, 0.15) is 18.4 Å². The lowest BCUT2D eigenvalue weighted by atomic mass is 9.98. The summed E-state index contributed by atoms with van der Waals surface area (Å²) in [5.41, 5.74) is 6.68. The summed E-state index contributed by atoms with van der Waals surface area (Å²) in [6, 6.07) is 4.93. The first kappa shape index (κ1) is 17.2. The zero-order valence-corrected chi connectivity index (χ0v) is 12.7. The average molecular weight is 320 g/mol. The van der Waals surface area contributed by atoms with Gasteiger partial charge in [0.2, 0.25) is 0 Å². The Morgan fingerprint density at radius 1 is 1.50 bits per heavy atom. The lowest BCUT2D eigenvalue weighted by molar-refractivity contribution is -0.384. The van der Waals surface area contributed by atoms with E-state index in [1.807, 2.05) is 0 Å². The van der Waals surface area contributed by atoms with Gasteiger partial charge in [-0.05, 0) is 43.5 Å². The molecule has 1 atom stereocenters. The number of likely N-dealkylation sites (tertiary alicyclic amines) is 1. The molecule has 1 unspecified atom stereocenters. The number of piperidine rings is 1. The Labute approximate surface area is 129 Å². The van der Waals surface area contributed by atoms with Gasteiger partial charge in [0.05, 0.1) is 4.92 Å². The maximum absolute atomic E-state index is 10.7. The number of halogens is 2. The van der Waals surface area contributed by atoms with Crippen LogP contribution in [0.25, 0.3) is 0 Å². The first-order valence-corrected chi connectivity index (χ1v) is 6.83. The van der Waals surface area contributed by atoms with Crippen molar-refractivity contribution in [2.45, 2.75) is 19.4 Å². The molecule has 0 saturated carbocycles. The van der Waals surface area contributed by atoms with E-state index in [2.05, 4.69) is 4.90 Å². The van der Waals surface area contributed by atoms with Crippen molar-refractivity contribution < 1.29 is 4.92 Å². The van der Waals surface area contributed by atoms with Gasteiger partial charge in [-0.2, -0.15) is 0 Å². The highest BCUT2D eigenvalue weighted by Gasteiger charge is 2.19. The van der Waals surface area contributed by atoms with Gasteiger partial charge in [-0.15, -0.1) is 12.4 Å². The molecule has 0 aromatic heterocycles. The minimum atomic E-state index is -0.461. The summed E-state index contributed by atoms with van der Waals surface area (Å²) in [5, 5.41) is 10.9. The van der Waals surface area contributed by atoms with E-state index >= 15 is 0 Å². The Bertz CT molecular complexity index is 471. The van der Waals surface area contributed by atoms with Gasteiger partial charge in [-0.25, -0.2) is 0 Å². The van der Waals surface area contributed by atoms with Crippen molar-refractivity contribution in [1.82, 2.24) is 4.90 Å². The van der Waals surface area contributed by atoms with Crippen molar-refractivity contribution >= 4 is 29.7 Å². The van der Waals surface area contributed by atoms with Gasteiger partial charge in [0.25, 0.3) is 5.69 Å². The van der Waals surface area contributed by atoms with E-state index in [0.29, 0.717) is 5.92 Å². The van der Waals surface area contributed by atoms with E-state index in [9.17, 15) is 10.1 Å². The number of hydrogen-bond acceptors (Lipinski definition) is 4. The van der Waals surface area contributed by atoms with Gasteiger partial charge in [0.1, 0.15) is 5.02 Å². The molecule has 0 aliphatic carbocycles. The minimum absolute atomic E-state index is 0. The summed E-state index contributed by atoms with van der Waals surface area (Å²) in [5.74, 6) is 0.558. The van der Waals surface area contributed by atoms with Crippen LogP contribution in [-0.2, 0) is 6.54 Å². The molecule has 2 N–H and O–H groups in total. The molecule has 0 radical (unpaired) electrons. The Morgan fingerprint density at radius 2 is 2.25 bits per heavy atom. The lowest BCUT2D eigenvalue weighted by Crippen LogP contribution is -2.37. The van der Waals surface area contributed by atoms with Crippen molar-refractivity contribution in [2.75, 3.05) is 19.6 Å². The van der Waals surface area contributed by atoms with E-state index in [0.717, 1.165) is 38.2 Å². The predicted octanol–water partition coefficient (Wildman–Crippen LogP) is 2.84. The molecule has 2 rings (SSSR count). The minimum Gasteiger partial charge on any atom is -0.330 e. The molecular formula is C13H19Cl2N3O2. The molecule has 1 aromatic rings. The third-order valence-electron chi connectivity index (χ3n) is 3.55. The van der Waals surface area contributed by atoms with Crippen LogP contribution in [0.15, 0.2) is 18.2 Å². The number of rotatable bonds is 4. The van der Waals surface area contributed by atoms with Crippen molar-refractivity contribution in [3.8, 4) is 0 Å². The van der Waals surface area contributed by atoms with Gasteiger partial charge in [-0.3, -0.25) is 15.0 Å². The zero-order chi connectivity index (χ0) is 13.8. The van der Waals surface area contributed by atoms with Crippen LogP contribution in [0, 0.1) is 16.0 Å². The summed E-state index contributed by atoms with van der Waals surface area (Å²) in [6.07, 6.45) is 2.34. The Kier molecular flexibility index (Phi) is 6.68. The fourth-order valence-electron chi connectivity index (χ4n) is 2.54. The molecule has 7 heteroatoms. The van der Waals surface area contributed by atoms with Gasteiger partial charge in [0, 0.05) is 19.2 Å². The Balaban J connectivity index is 0.00000200. The second kappa shape index (κ2) is 7.78. The van der Waals surface area contributed by atoms with E-state index in [1.54, 1.807) is 12.1 Å². The topological polar surface area (TPSA) is 72.4 Å². The maximum Gasteiger partial charge on any atom is 0.287 e. The van der Waals surface area contributed by atoms with Gasteiger partial charge < -0.3 is 5.73 Å². The highest BCUT2D eigenvalue weighted by Crippen LogP contribution is 2.26. The lowest BCUT2D eigenvalue weighted by Gasteiger charge is -2.32. The number of nitrogens with two attached hydrogens (primary N) is 1. The monoisotopic (exact) mass is 319 g/mol. The smallest absolute Gasteiger partial charge is 0.287 e. The number of nitro groups is 1. The van der Waals surface area contributed by atoms with Crippen molar-refractivity contribution in [2.24, 2.45) is 11.7 Å². The molecule has 1 aliphatic heterocycles. The molecule has 1 aromatic carbocycles. The molecule has 1 saturated heterocycles. The Hall–Kier alpha value is -0.880. The van der Waals surface area contributed by atoms with Crippen LogP contribution < -0.4 is 5.73 Å². The zero-order valence-electron chi connectivity index (χ0n) is 11.1. The summed E-state index contributed by atoms with van der Waals surface area (Å²) >= 11 is 5.92. The van der Waals surface area contributed by atoms with Crippen molar-refractivity contribution in [3.05, 3.63) is 38.9 Å². The second-order valence-corrected chi connectivity index (χ2v) is 5.43. The van der Waals surface area contributed by atoms with Crippen molar-refractivity contribution in [3.63, 3.8) is 0 Å². The number of nitrogens with zero attached hydrogens (tertiary/aromatic N) is 2. The third-order valence-corrected chi connectivity index (χ3v) is 3.85. The molecular weight excluding hydrogens is 301 g/mol. The van der Waals surface area contributed by atoms with Crippen LogP contribution in [0.4, 0.5) is 5.69 Å². The molecule has 0 amide bonds. The summed E-state index contributed by atoms with van der Waals surface area (Å²) in [4.78, 5) is 12.6. The maximum atomic E-state index is 10.7. The summed E-state index contributed by atoms with van der Waals surface area (Å²) in [6.45, 7) is 3.53. The van der Waals surface area contributed by atoms with Crippen molar-refractivity contribution in [1.29, 1.82) is 0 Å². The third kappa shape index (κ3) is 4.31. The molecule has 0 bridgehead atoms. The van der Waals surface area contributed by atoms with Crippen LogP contribution in [0.5, 0.6) is 0 Å². The first-order valence-electron chi connectivity index (χ1n) is 6.45. The standard InChI is InChI=1S/C13H18ClN3O2.ClH/c14-12-6-10(3-4-13(12)17(18)19)8-16-5-1-2-11(7-15)9-16;/h3-4,6,11H,1-2,5,7-9,15H2;1H.